The molecule has 2 aromatic rings. The van der Waals surface area contributed by atoms with Gasteiger partial charge in [0.25, 0.3) is 0 Å². The molecule has 2 aromatic carbocycles. The van der Waals surface area contributed by atoms with Crippen molar-refractivity contribution in [3.05, 3.63) is 54.1 Å². The number of nitrogens with one attached hydrogen (secondary N) is 1. The maximum absolute atomic E-state index is 13.3. The molecule has 1 saturated heterocycles. The SMILES string of the molecule is COc1ccc(N2CC[C@@H](NS(=O)(=O)c3ccc(F)c(F)c3)C2=O)cc1. The first-order valence-corrected chi connectivity index (χ1v) is 9.23. The zero-order valence-corrected chi connectivity index (χ0v) is 14.6. The molecule has 3 rings (SSSR count). The molecule has 0 aromatic heterocycles. The molecular formula is C17H16F2N2O4S. The van der Waals surface area contributed by atoms with E-state index in [1.54, 1.807) is 24.3 Å². The molecule has 138 valence electrons. The summed E-state index contributed by atoms with van der Waals surface area (Å²) in [6.07, 6.45) is 0.258. The summed E-state index contributed by atoms with van der Waals surface area (Å²) in [4.78, 5) is 13.5. The summed E-state index contributed by atoms with van der Waals surface area (Å²) in [5, 5.41) is 0. The van der Waals surface area contributed by atoms with Crippen molar-refractivity contribution in [3.63, 3.8) is 0 Å². The number of methoxy groups -OCH3 is 1. The van der Waals surface area contributed by atoms with Gasteiger partial charge in [-0.05, 0) is 48.9 Å². The van der Waals surface area contributed by atoms with Crippen LogP contribution in [-0.2, 0) is 14.8 Å². The number of benzene rings is 2. The Morgan fingerprint density at radius 2 is 1.81 bits per heavy atom. The quantitative estimate of drug-likeness (QED) is 0.859. The Morgan fingerprint density at radius 3 is 2.42 bits per heavy atom. The van der Waals surface area contributed by atoms with E-state index in [9.17, 15) is 22.0 Å². The van der Waals surface area contributed by atoms with Crippen LogP contribution in [0.5, 0.6) is 5.75 Å². The highest BCUT2D eigenvalue weighted by Crippen LogP contribution is 2.25. The van der Waals surface area contributed by atoms with E-state index >= 15 is 0 Å². The Balaban J connectivity index is 1.76. The molecule has 0 bridgehead atoms. The van der Waals surface area contributed by atoms with Crippen molar-refractivity contribution >= 4 is 21.6 Å². The van der Waals surface area contributed by atoms with Crippen LogP contribution in [-0.4, -0.2) is 34.0 Å². The van der Waals surface area contributed by atoms with E-state index in [4.69, 9.17) is 4.74 Å². The van der Waals surface area contributed by atoms with Gasteiger partial charge in [0.15, 0.2) is 11.6 Å². The lowest BCUT2D eigenvalue weighted by Gasteiger charge is -2.17. The number of carbonyl (C=O) groups excluding carboxylic acids is 1. The van der Waals surface area contributed by atoms with Crippen molar-refractivity contribution in [1.29, 1.82) is 0 Å². The molecule has 1 fully saturated rings. The highest BCUT2D eigenvalue weighted by Gasteiger charge is 2.35. The number of carbonyl (C=O) groups is 1. The molecule has 1 aliphatic heterocycles. The number of nitrogens with zero attached hydrogens (tertiary/aromatic N) is 1. The van der Waals surface area contributed by atoms with Crippen LogP contribution in [0.15, 0.2) is 47.4 Å². The predicted octanol–water partition coefficient (Wildman–Crippen LogP) is 2.06. The molecule has 1 heterocycles. The number of halogens is 2. The van der Waals surface area contributed by atoms with Crippen molar-refractivity contribution in [1.82, 2.24) is 4.72 Å². The normalized spacial score (nSPS) is 17.6. The van der Waals surface area contributed by atoms with Gasteiger partial charge >= 0.3 is 0 Å². The van der Waals surface area contributed by atoms with Crippen LogP contribution >= 0.6 is 0 Å². The van der Waals surface area contributed by atoms with E-state index in [1.807, 2.05) is 0 Å². The summed E-state index contributed by atoms with van der Waals surface area (Å²) in [5.41, 5.74) is 0.616. The van der Waals surface area contributed by atoms with Gasteiger partial charge < -0.3 is 9.64 Å². The second-order valence-corrected chi connectivity index (χ2v) is 7.44. The Bertz CT molecular complexity index is 932. The van der Waals surface area contributed by atoms with Gasteiger partial charge in [0.05, 0.1) is 12.0 Å². The maximum Gasteiger partial charge on any atom is 0.245 e. The summed E-state index contributed by atoms with van der Waals surface area (Å²) in [7, 11) is -2.63. The first-order valence-electron chi connectivity index (χ1n) is 7.74. The fraction of sp³-hybridized carbons (Fsp3) is 0.235. The van der Waals surface area contributed by atoms with Crippen LogP contribution in [0.3, 0.4) is 0 Å². The molecule has 1 N–H and O–H groups in total. The van der Waals surface area contributed by atoms with Crippen LogP contribution in [0.2, 0.25) is 0 Å². The van der Waals surface area contributed by atoms with Crippen molar-refractivity contribution in [2.45, 2.75) is 17.4 Å². The Hall–Kier alpha value is -2.52. The second kappa shape index (κ2) is 7.00. The standard InChI is InChI=1S/C17H16F2N2O4S/c1-25-12-4-2-11(3-5-12)21-9-8-16(17(21)22)20-26(23,24)13-6-7-14(18)15(19)10-13/h2-7,10,16,20H,8-9H2,1H3/t16-/m1/s1. The lowest BCUT2D eigenvalue weighted by atomic mass is 10.2. The van der Waals surface area contributed by atoms with Gasteiger partial charge in [-0.25, -0.2) is 17.2 Å². The van der Waals surface area contributed by atoms with Crippen molar-refractivity contribution in [2.75, 3.05) is 18.6 Å². The van der Waals surface area contributed by atoms with Gasteiger partial charge in [-0.15, -0.1) is 0 Å². The third-order valence-electron chi connectivity index (χ3n) is 4.09. The summed E-state index contributed by atoms with van der Waals surface area (Å²) in [6, 6.07) is 8.06. The largest absolute Gasteiger partial charge is 0.497 e. The van der Waals surface area contributed by atoms with Crippen molar-refractivity contribution in [3.8, 4) is 5.75 Å². The minimum atomic E-state index is -4.16. The fourth-order valence-corrected chi connectivity index (χ4v) is 3.94. The topological polar surface area (TPSA) is 75.7 Å². The van der Waals surface area contributed by atoms with E-state index in [1.165, 1.54) is 12.0 Å². The number of hydrogen-bond acceptors (Lipinski definition) is 4. The van der Waals surface area contributed by atoms with Crippen LogP contribution in [0.25, 0.3) is 0 Å². The van der Waals surface area contributed by atoms with E-state index in [2.05, 4.69) is 4.72 Å². The van der Waals surface area contributed by atoms with Crippen LogP contribution < -0.4 is 14.4 Å². The number of amides is 1. The van der Waals surface area contributed by atoms with Gasteiger partial charge in [0.2, 0.25) is 15.9 Å². The fourth-order valence-electron chi connectivity index (χ4n) is 2.71. The molecule has 0 saturated carbocycles. The Morgan fingerprint density at radius 1 is 1.12 bits per heavy atom. The molecule has 1 amide bonds. The summed E-state index contributed by atoms with van der Waals surface area (Å²) < 4.78 is 58.3. The van der Waals surface area contributed by atoms with E-state index < -0.39 is 38.5 Å². The predicted molar refractivity (Wildman–Crippen MR) is 90.4 cm³/mol. The highest BCUT2D eigenvalue weighted by atomic mass is 32.2. The molecule has 0 aliphatic carbocycles. The molecule has 9 heteroatoms. The molecule has 6 nitrogen and oxygen atoms in total. The maximum atomic E-state index is 13.3. The van der Waals surface area contributed by atoms with Crippen molar-refractivity contribution < 1.29 is 26.7 Å². The summed E-state index contributed by atoms with van der Waals surface area (Å²) in [6.45, 7) is 0.329. The van der Waals surface area contributed by atoms with E-state index in [0.717, 1.165) is 12.1 Å². The number of anilines is 1. The average molecular weight is 382 g/mol. The van der Waals surface area contributed by atoms with Gasteiger partial charge in [-0.1, -0.05) is 0 Å². The van der Waals surface area contributed by atoms with Gasteiger partial charge in [-0.3, -0.25) is 4.79 Å². The smallest absolute Gasteiger partial charge is 0.245 e. The molecule has 1 aliphatic rings. The average Bonchev–Trinajstić information content (AvgIpc) is 2.97. The van der Waals surface area contributed by atoms with Gasteiger partial charge in [0.1, 0.15) is 11.8 Å². The van der Waals surface area contributed by atoms with Crippen LogP contribution in [0, 0.1) is 11.6 Å². The number of sulfonamides is 1. The van der Waals surface area contributed by atoms with E-state index in [-0.39, 0.29) is 6.42 Å². The first-order chi connectivity index (χ1) is 12.3. The lowest BCUT2D eigenvalue weighted by Crippen LogP contribution is -2.41. The van der Waals surface area contributed by atoms with E-state index in [0.29, 0.717) is 24.0 Å². The Labute approximate surface area is 149 Å². The molecule has 1 atom stereocenters. The van der Waals surface area contributed by atoms with Crippen LogP contribution in [0.1, 0.15) is 6.42 Å². The third kappa shape index (κ3) is 3.54. The molecule has 0 spiro atoms. The third-order valence-corrected chi connectivity index (χ3v) is 5.56. The zero-order valence-electron chi connectivity index (χ0n) is 13.8. The summed E-state index contributed by atoms with van der Waals surface area (Å²) in [5.74, 6) is -2.20. The zero-order chi connectivity index (χ0) is 18.9. The monoisotopic (exact) mass is 382 g/mol. The molecular weight excluding hydrogens is 366 g/mol. The minimum Gasteiger partial charge on any atom is -0.497 e. The minimum absolute atomic E-state index is 0.258. The van der Waals surface area contributed by atoms with Crippen molar-refractivity contribution in [2.24, 2.45) is 0 Å². The number of rotatable bonds is 5. The second-order valence-electron chi connectivity index (χ2n) is 5.73. The van der Waals surface area contributed by atoms with Gasteiger partial charge in [-0.2, -0.15) is 4.72 Å². The number of hydrogen-bond donors (Lipinski definition) is 1. The number of ether oxygens (including phenoxy) is 1. The Kier molecular flexibility index (Phi) is 4.92. The lowest BCUT2D eigenvalue weighted by molar-refractivity contribution is -0.118. The first kappa shape index (κ1) is 18.3. The molecule has 0 unspecified atom stereocenters. The highest BCUT2D eigenvalue weighted by molar-refractivity contribution is 7.89. The van der Waals surface area contributed by atoms with Crippen LogP contribution in [0.4, 0.5) is 14.5 Å². The molecule has 0 radical (unpaired) electrons. The van der Waals surface area contributed by atoms with Gasteiger partial charge in [0, 0.05) is 12.2 Å². The molecule has 26 heavy (non-hydrogen) atoms. The summed E-state index contributed by atoms with van der Waals surface area (Å²) >= 11 is 0.